The van der Waals surface area contributed by atoms with Gasteiger partial charge in [-0.2, -0.15) is 9.97 Å². The molecule has 3 N–H and O–H groups in total. The number of aromatic amines is 1. The first-order chi connectivity index (χ1) is 12.1. The first-order valence-electron chi connectivity index (χ1n) is 9.23. The summed E-state index contributed by atoms with van der Waals surface area (Å²) in [4.78, 5) is 26.2. The highest BCUT2D eigenvalue weighted by Gasteiger charge is 2.22. The smallest absolute Gasteiger partial charge is 0.327 e. The van der Waals surface area contributed by atoms with Crippen LogP contribution in [0.3, 0.4) is 0 Å². The first kappa shape index (κ1) is 17.7. The number of anilines is 1. The molecule has 8 heteroatoms. The fourth-order valence-electron chi connectivity index (χ4n) is 3.32. The van der Waals surface area contributed by atoms with Crippen LogP contribution in [0.15, 0.2) is 4.79 Å². The Hall–Kier alpha value is -2.09. The van der Waals surface area contributed by atoms with Gasteiger partial charge in [-0.3, -0.25) is 4.57 Å². The average Bonchev–Trinajstić information content (AvgIpc) is 2.93. The minimum Gasteiger partial charge on any atom is -0.463 e. The van der Waals surface area contributed by atoms with E-state index in [1.165, 1.54) is 0 Å². The van der Waals surface area contributed by atoms with Crippen LogP contribution < -0.4 is 16.2 Å². The van der Waals surface area contributed by atoms with Crippen LogP contribution in [-0.4, -0.2) is 50.7 Å². The molecule has 0 aromatic carbocycles. The van der Waals surface area contributed by atoms with Crippen molar-refractivity contribution in [3.63, 3.8) is 0 Å². The average molecular weight is 348 g/mol. The highest BCUT2D eigenvalue weighted by molar-refractivity contribution is 5.81. The lowest BCUT2D eigenvalue weighted by molar-refractivity contribution is 0.181. The zero-order valence-electron chi connectivity index (χ0n) is 15.1. The maximum absolute atomic E-state index is 12.4. The van der Waals surface area contributed by atoms with Gasteiger partial charge in [-0.05, 0) is 44.8 Å². The lowest BCUT2D eigenvalue weighted by atomic mass is 9.97. The highest BCUT2D eigenvalue weighted by atomic mass is 16.5. The van der Waals surface area contributed by atoms with E-state index in [-0.39, 0.29) is 17.5 Å². The van der Waals surface area contributed by atoms with E-state index < -0.39 is 0 Å². The molecule has 0 spiro atoms. The first-order valence-corrected chi connectivity index (χ1v) is 9.23. The van der Waals surface area contributed by atoms with Gasteiger partial charge in [0.2, 0.25) is 0 Å². The number of nitrogens with one attached hydrogen (secondary N) is 1. The molecule has 1 saturated heterocycles. The molecule has 1 aliphatic heterocycles. The predicted molar refractivity (Wildman–Crippen MR) is 97.8 cm³/mol. The molecule has 0 unspecified atom stereocenters. The Kier molecular flexibility index (Phi) is 5.57. The molecule has 0 atom stereocenters. The second kappa shape index (κ2) is 7.86. The summed E-state index contributed by atoms with van der Waals surface area (Å²) in [6, 6.07) is 0.243. The summed E-state index contributed by atoms with van der Waals surface area (Å²) in [7, 11) is 0. The van der Waals surface area contributed by atoms with Crippen molar-refractivity contribution in [3.8, 4) is 6.01 Å². The Labute approximate surface area is 147 Å². The van der Waals surface area contributed by atoms with Gasteiger partial charge in [0.15, 0.2) is 11.5 Å². The number of fused-ring (bicyclic) bond motifs is 1. The number of nitrogens with zero attached hydrogens (tertiary/aromatic N) is 4. The summed E-state index contributed by atoms with van der Waals surface area (Å²) in [5.74, 6) is 0.730. The second-order valence-corrected chi connectivity index (χ2v) is 6.71. The molecule has 8 nitrogen and oxygen atoms in total. The van der Waals surface area contributed by atoms with Crippen LogP contribution in [0.1, 0.15) is 39.5 Å². The molecule has 3 heterocycles. The summed E-state index contributed by atoms with van der Waals surface area (Å²) in [6.45, 7) is 8.73. The number of rotatable bonds is 7. The normalized spacial score (nSPS) is 16.6. The molecule has 0 radical (unpaired) electrons. The maximum atomic E-state index is 12.4. The van der Waals surface area contributed by atoms with Crippen molar-refractivity contribution < 1.29 is 4.74 Å². The fourth-order valence-corrected chi connectivity index (χ4v) is 3.32. The van der Waals surface area contributed by atoms with E-state index in [0.29, 0.717) is 30.2 Å². The molecule has 2 aromatic heterocycles. The van der Waals surface area contributed by atoms with Crippen LogP contribution >= 0.6 is 0 Å². The van der Waals surface area contributed by atoms with Gasteiger partial charge in [0.25, 0.3) is 0 Å². The minimum absolute atomic E-state index is 0.181. The Morgan fingerprint density at radius 3 is 2.72 bits per heavy atom. The number of nitrogens with two attached hydrogens (primary N) is 1. The van der Waals surface area contributed by atoms with Crippen molar-refractivity contribution in [3.05, 3.63) is 10.5 Å². The minimum atomic E-state index is -0.181. The van der Waals surface area contributed by atoms with Crippen molar-refractivity contribution in [2.24, 2.45) is 5.92 Å². The molecule has 138 valence electrons. The number of likely N-dealkylation sites (tertiary alicyclic amines) is 1. The third kappa shape index (κ3) is 3.95. The molecular formula is C17H28N6O2. The van der Waals surface area contributed by atoms with Gasteiger partial charge >= 0.3 is 11.7 Å². The molecule has 0 saturated carbocycles. The standard InChI is InChI=1S/C17H28N6O2/c1-3-5-10-25-16-20-14(18)13-15(21-16)23(17(24)19-13)11-12-6-8-22(4-2)9-7-12/h12H,3-11H2,1-2H3,(H,19,24)(H2,18,20,21). The van der Waals surface area contributed by atoms with Gasteiger partial charge in [0.1, 0.15) is 5.52 Å². The van der Waals surface area contributed by atoms with Gasteiger partial charge in [0, 0.05) is 6.54 Å². The van der Waals surface area contributed by atoms with Gasteiger partial charge in [-0.1, -0.05) is 20.3 Å². The second-order valence-electron chi connectivity index (χ2n) is 6.71. The molecule has 2 aromatic rings. The molecule has 1 aliphatic rings. The van der Waals surface area contributed by atoms with E-state index in [1.54, 1.807) is 4.57 Å². The number of imidazole rings is 1. The largest absolute Gasteiger partial charge is 0.463 e. The third-order valence-corrected chi connectivity index (χ3v) is 4.95. The molecule has 3 rings (SSSR count). The number of ether oxygens (including phenoxy) is 1. The molecular weight excluding hydrogens is 320 g/mol. The zero-order valence-corrected chi connectivity index (χ0v) is 15.1. The van der Waals surface area contributed by atoms with Gasteiger partial charge in [-0.15, -0.1) is 0 Å². The van der Waals surface area contributed by atoms with E-state index in [1.807, 2.05) is 0 Å². The van der Waals surface area contributed by atoms with Crippen LogP contribution in [0, 0.1) is 5.92 Å². The quantitative estimate of drug-likeness (QED) is 0.737. The Morgan fingerprint density at radius 1 is 1.28 bits per heavy atom. The number of piperidine rings is 1. The summed E-state index contributed by atoms with van der Waals surface area (Å²) in [5.41, 5.74) is 6.85. The predicted octanol–water partition coefficient (Wildman–Crippen LogP) is 1.61. The number of unbranched alkanes of at least 4 members (excludes halogenated alkanes) is 1. The number of nitrogen functional groups attached to an aromatic ring is 1. The van der Waals surface area contributed by atoms with E-state index in [9.17, 15) is 4.79 Å². The van der Waals surface area contributed by atoms with Crippen LogP contribution in [0.4, 0.5) is 5.82 Å². The van der Waals surface area contributed by atoms with Crippen molar-refractivity contribution in [1.82, 2.24) is 24.4 Å². The molecule has 25 heavy (non-hydrogen) atoms. The van der Waals surface area contributed by atoms with Crippen LogP contribution in [-0.2, 0) is 6.54 Å². The topological polar surface area (TPSA) is 102 Å². The van der Waals surface area contributed by atoms with Gasteiger partial charge in [-0.25, -0.2) is 4.79 Å². The maximum Gasteiger partial charge on any atom is 0.327 e. The fraction of sp³-hybridized carbons (Fsp3) is 0.706. The summed E-state index contributed by atoms with van der Waals surface area (Å²) in [6.07, 6.45) is 4.14. The van der Waals surface area contributed by atoms with E-state index in [4.69, 9.17) is 10.5 Å². The van der Waals surface area contributed by atoms with Crippen molar-refractivity contribution in [2.75, 3.05) is 32.0 Å². The van der Waals surface area contributed by atoms with Gasteiger partial charge < -0.3 is 20.4 Å². The van der Waals surface area contributed by atoms with Crippen LogP contribution in [0.5, 0.6) is 6.01 Å². The zero-order chi connectivity index (χ0) is 17.8. The summed E-state index contributed by atoms with van der Waals surface area (Å²) < 4.78 is 7.27. The lowest BCUT2D eigenvalue weighted by Crippen LogP contribution is -2.35. The van der Waals surface area contributed by atoms with E-state index >= 15 is 0 Å². The van der Waals surface area contributed by atoms with Crippen LogP contribution in [0.25, 0.3) is 11.2 Å². The third-order valence-electron chi connectivity index (χ3n) is 4.95. The molecule has 1 fully saturated rings. The number of H-pyrrole nitrogens is 1. The number of hydrogen-bond donors (Lipinski definition) is 2. The lowest BCUT2D eigenvalue weighted by Gasteiger charge is -2.30. The Bertz CT molecular complexity index is 760. The van der Waals surface area contributed by atoms with Crippen molar-refractivity contribution >= 4 is 17.0 Å². The molecule has 0 amide bonds. The summed E-state index contributed by atoms with van der Waals surface area (Å²) in [5, 5.41) is 0. The summed E-state index contributed by atoms with van der Waals surface area (Å²) >= 11 is 0. The van der Waals surface area contributed by atoms with Crippen molar-refractivity contribution in [1.29, 1.82) is 0 Å². The molecule has 0 bridgehead atoms. The highest BCUT2D eigenvalue weighted by Crippen LogP contribution is 2.22. The Morgan fingerprint density at radius 2 is 2.04 bits per heavy atom. The Balaban J connectivity index is 1.82. The van der Waals surface area contributed by atoms with Crippen LogP contribution in [0.2, 0.25) is 0 Å². The monoisotopic (exact) mass is 348 g/mol. The van der Waals surface area contributed by atoms with Gasteiger partial charge in [0.05, 0.1) is 6.61 Å². The number of hydrogen-bond acceptors (Lipinski definition) is 6. The van der Waals surface area contributed by atoms with E-state index in [2.05, 4.69) is 33.7 Å². The SMILES string of the molecule is CCCCOc1nc(N)c2[nH]c(=O)n(CC3CCN(CC)CC3)c2n1. The molecule has 0 aliphatic carbocycles. The van der Waals surface area contributed by atoms with Crippen molar-refractivity contribution in [2.45, 2.75) is 46.1 Å². The van der Waals surface area contributed by atoms with E-state index in [0.717, 1.165) is 45.3 Å². The number of aromatic nitrogens is 4.